The van der Waals surface area contributed by atoms with Gasteiger partial charge >= 0.3 is 11.9 Å². The first-order valence-electron chi connectivity index (χ1n) is 9.28. The van der Waals surface area contributed by atoms with E-state index < -0.39 is 30.3 Å². The van der Waals surface area contributed by atoms with Crippen molar-refractivity contribution in [1.29, 1.82) is 0 Å². The highest BCUT2D eigenvalue weighted by Gasteiger charge is 2.50. The van der Waals surface area contributed by atoms with Gasteiger partial charge in [-0.1, -0.05) is 17.7 Å². The summed E-state index contributed by atoms with van der Waals surface area (Å²) in [6.07, 6.45) is 1.56. The van der Waals surface area contributed by atoms with Gasteiger partial charge in [-0.15, -0.1) is 4.99 Å². The summed E-state index contributed by atoms with van der Waals surface area (Å²) in [5.74, 6) is -1.09. The van der Waals surface area contributed by atoms with E-state index in [1.807, 2.05) is 32.9 Å². The Bertz CT molecular complexity index is 997. The van der Waals surface area contributed by atoms with Gasteiger partial charge in [0.2, 0.25) is 0 Å². The Morgan fingerprint density at radius 2 is 1.83 bits per heavy atom. The molecule has 1 unspecified atom stereocenters. The predicted molar refractivity (Wildman–Crippen MR) is 109 cm³/mol. The summed E-state index contributed by atoms with van der Waals surface area (Å²) in [6, 6.07) is 3.33. The van der Waals surface area contributed by atoms with Gasteiger partial charge in [-0.25, -0.2) is 4.79 Å². The van der Waals surface area contributed by atoms with Gasteiger partial charge in [0, 0.05) is 11.3 Å². The number of urea groups is 1. The van der Waals surface area contributed by atoms with E-state index in [2.05, 4.69) is 10.3 Å². The van der Waals surface area contributed by atoms with Crippen LogP contribution in [0.15, 0.2) is 28.5 Å². The van der Waals surface area contributed by atoms with Crippen molar-refractivity contribution in [3.05, 3.63) is 40.2 Å². The van der Waals surface area contributed by atoms with Crippen molar-refractivity contribution in [3.8, 4) is 0 Å². The Kier molecular flexibility index (Phi) is 5.37. The fourth-order valence-electron chi connectivity index (χ4n) is 3.80. The van der Waals surface area contributed by atoms with Crippen LogP contribution in [0.4, 0.5) is 10.5 Å². The van der Waals surface area contributed by atoms with E-state index in [1.54, 1.807) is 13.1 Å². The quantitative estimate of drug-likeness (QED) is 0.789. The van der Waals surface area contributed by atoms with Crippen LogP contribution in [-0.2, 0) is 14.3 Å². The highest BCUT2D eigenvalue weighted by atomic mass is 16.5. The number of hydrogen-bond acceptors (Lipinski definition) is 5. The lowest BCUT2D eigenvalue weighted by Gasteiger charge is -2.28. The van der Waals surface area contributed by atoms with Crippen molar-refractivity contribution in [1.82, 2.24) is 4.90 Å². The summed E-state index contributed by atoms with van der Waals surface area (Å²) in [4.78, 5) is 43.7. The Labute approximate surface area is 169 Å². The number of rotatable bonds is 4. The maximum absolute atomic E-state index is 13.1. The van der Waals surface area contributed by atoms with Gasteiger partial charge in [-0.05, 0) is 38.8 Å². The molecule has 1 atom stereocenters. The monoisotopic (exact) mass is 397 g/mol. The highest BCUT2D eigenvalue weighted by molar-refractivity contribution is 6.17. The lowest BCUT2D eigenvalue weighted by Crippen LogP contribution is -2.56. The minimum Gasteiger partial charge on any atom is -0.499 e. The molecule has 4 amide bonds. The molecule has 1 N–H and O–H groups in total. The molecule has 0 aromatic heterocycles. The number of ether oxygens (including phenoxy) is 1. The number of anilines is 1. The number of carbonyl (C=O) groups is 3. The normalized spacial score (nSPS) is 19.0. The van der Waals surface area contributed by atoms with Crippen LogP contribution in [0.3, 0.4) is 0 Å². The molecule has 8 nitrogen and oxygen atoms in total. The van der Waals surface area contributed by atoms with Crippen LogP contribution < -0.4 is 5.32 Å². The van der Waals surface area contributed by atoms with Gasteiger partial charge in [0.05, 0.1) is 14.2 Å². The molecule has 29 heavy (non-hydrogen) atoms. The number of imide groups is 1. The van der Waals surface area contributed by atoms with Crippen LogP contribution in [0.1, 0.15) is 23.6 Å². The minimum atomic E-state index is -0.844. The van der Waals surface area contributed by atoms with E-state index in [4.69, 9.17) is 4.74 Å². The fourth-order valence-corrected chi connectivity index (χ4v) is 3.80. The maximum atomic E-state index is 13.1. The molecule has 0 saturated heterocycles. The van der Waals surface area contributed by atoms with Gasteiger partial charge < -0.3 is 10.1 Å². The number of amides is 4. The first-order valence-corrected chi connectivity index (χ1v) is 9.28. The first-order chi connectivity index (χ1) is 13.6. The lowest BCUT2D eigenvalue weighted by atomic mass is 9.96. The Hall–Kier alpha value is -3.29. The third-order valence-electron chi connectivity index (χ3n) is 5.14. The zero-order valence-corrected chi connectivity index (χ0v) is 17.5. The number of methoxy groups -OCH3 is 1. The predicted octanol–water partition coefficient (Wildman–Crippen LogP) is 2.17. The van der Waals surface area contributed by atoms with E-state index in [0.29, 0.717) is 22.9 Å². The molecule has 2 aliphatic rings. The Morgan fingerprint density at radius 1 is 1.21 bits per heavy atom. The Morgan fingerprint density at radius 3 is 2.41 bits per heavy atom. The smallest absolute Gasteiger partial charge is 0.446 e. The summed E-state index contributed by atoms with van der Waals surface area (Å²) in [6.45, 7) is 7.18. The second-order valence-electron chi connectivity index (χ2n) is 7.39. The summed E-state index contributed by atoms with van der Waals surface area (Å²) in [5, 5.41) is 2.83. The number of aliphatic imine (C=N–C) groups is 1. The number of fused-ring (bicyclic) bond motifs is 1. The molecule has 2 aliphatic heterocycles. The zero-order valence-electron chi connectivity index (χ0n) is 17.5. The second kappa shape index (κ2) is 7.62. The van der Waals surface area contributed by atoms with E-state index >= 15 is 0 Å². The SMILES string of the molecule is COC1=C(C)C=NC2=[N+](C)C(=O)N(CC(=O)Nc3c(C)cc(C)cc3C)C(=O)C12. The third-order valence-corrected chi connectivity index (χ3v) is 5.14. The number of nitrogens with one attached hydrogen (secondary N) is 1. The van der Waals surface area contributed by atoms with Crippen LogP contribution in [0.25, 0.3) is 0 Å². The molecule has 1 aromatic rings. The molecular weight excluding hydrogens is 372 g/mol. The number of nitrogens with zero attached hydrogens (tertiary/aromatic N) is 3. The molecule has 2 heterocycles. The molecule has 0 bridgehead atoms. The van der Waals surface area contributed by atoms with Crippen LogP contribution in [-0.4, -0.2) is 60.1 Å². The fraction of sp³-hybridized carbons (Fsp3) is 0.381. The second-order valence-corrected chi connectivity index (χ2v) is 7.39. The summed E-state index contributed by atoms with van der Waals surface area (Å²) < 4.78 is 6.68. The van der Waals surface area contributed by atoms with Gasteiger partial charge in [0.25, 0.3) is 11.7 Å². The van der Waals surface area contributed by atoms with E-state index in [0.717, 1.165) is 21.6 Å². The van der Waals surface area contributed by atoms with E-state index in [1.165, 1.54) is 18.7 Å². The number of amidine groups is 1. The van der Waals surface area contributed by atoms with Crippen molar-refractivity contribution in [2.45, 2.75) is 27.7 Å². The summed E-state index contributed by atoms with van der Waals surface area (Å²) >= 11 is 0. The average Bonchev–Trinajstić information content (AvgIpc) is 2.66. The van der Waals surface area contributed by atoms with Gasteiger partial charge in [-0.3, -0.25) is 9.59 Å². The number of dihydropyridines is 1. The largest absolute Gasteiger partial charge is 0.499 e. The number of benzene rings is 1. The van der Waals surface area contributed by atoms with Crippen molar-refractivity contribution in [3.63, 3.8) is 0 Å². The minimum absolute atomic E-state index is 0.296. The standard InChI is InChI=1S/C21H24N4O4/c1-11-7-12(2)17(13(3)8-11)23-15(26)10-25-20(27)16-18(29-6)14(4)9-22-19(16)24(5)21(25)28/h7-9,16H,10H2,1-6H3/p+1. The number of carbonyl (C=O) groups excluding carboxylic acids is 3. The molecule has 0 saturated carbocycles. The molecule has 0 spiro atoms. The van der Waals surface area contributed by atoms with Crippen LogP contribution in [0.2, 0.25) is 0 Å². The molecule has 3 rings (SSSR count). The topological polar surface area (TPSA) is 91.1 Å². The van der Waals surface area contributed by atoms with Crippen molar-refractivity contribution < 1.29 is 23.7 Å². The van der Waals surface area contributed by atoms with Gasteiger partial charge in [-0.2, -0.15) is 9.48 Å². The molecular formula is C21H25N4O4+. The summed E-state index contributed by atoms with van der Waals surface area (Å²) in [7, 11) is 3.00. The van der Waals surface area contributed by atoms with Gasteiger partial charge in [0.1, 0.15) is 12.0 Å². The highest BCUT2D eigenvalue weighted by Crippen LogP contribution is 2.28. The number of hydrogen-bond donors (Lipinski definition) is 1. The molecule has 8 heteroatoms. The zero-order chi connectivity index (χ0) is 21.5. The Balaban J connectivity index is 1.88. The van der Waals surface area contributed by atoms with Crippen molar-refractivity contribution in [2.75, 3.05) is 26.0 Å². The maximum Gasteiger partial charge on any atom is 0.446 e. The van der Waals surface area contributed by atoms with Crippen molar-refractivity contribution in [2.24, 2.45) is 10.9 Å². The molecule has 0 aliphatic carbocycles. The number of aryl methyl sites for hydroxylation is 3. The van der Waals surface area contributed by atoms with Gasteiger partial charge in [0.15, 0.2) is 12.5 Å². The first kappa shape index (κ1) is 20.4. The summed E-state index contributed by atoms with van der Waals surface area (Å²) in [5.41, 5.74) is 4.32. The molecule has 152 valence electrons. The van der Waals surface area contributed by atoms with Crippen LogP contribution in [0, 0.1) is 26.7 Å². The molecule has 1 aromatic carbocycles. The molecule has 0 radical (unpaired) electrons. The van der Waals surface area contributed by atoms with Crippen LogP contribution >= 0.6 is 0 Å². The lowest BCUT2D eigenvalue weighted by molar-refractivity contribution is -0.408. The van der Waals surface area contributed by atoms with Crippen molar-refractivity contribution >= 4 is 35.6 Å². The third kappa shape index (κ3) is 3.57. The van der Waals surface area contributed by atoms with E-state index in [9.17, 15) is 14.4 Å². The van der Waals surface area contributed by atoms with E-state index in [-0.39, 0.29) is 0 Å². The van der Waals surface area contributed by atoms with Crippen LogP contribution in [0.5, 0.6) is 0 Å². The number of allylic oxidation sites excluding steroid dienone is 1. The average molecular weight is 397 g/mol. The molecule has 0 fully saturated rings.